The largest absolute Gasteiger partial charge is 0.497 e. The molecule has 28 heavy (non-hydrogen) atoms. The number of para-hydroxylation sites is 2. The van der Waals surface area contributed by atoms with Gasteiger partial charge in [0.15, 0.2) is 5.17 Å². The van der Waals surface area contributed by atoms with Gasteiger partial charge in [-0.15, -0.1) is 0 Å². The smallest absolute Gasteiger partial charge is 0.238 e. The van der Waals surface area contributed by atoms with E-state index < -0.39 is 5.25 Å². The number of nitrogens with one attached hydrogen (secondary N) is 1. The zero-order valence-corrected chi connectivity index (χ0v) is 16.7. The minimum Gasteiger partial charge on any atom is -0.497 e. The second-order valence-corrected chi connectivity index (χ2v) is 7.22. The first kappa shape index (κ1) is 19.8. The lowest BCUT2D eigenvalue weighted by Crippen LogP contribution is -2.43. The normalized spacial score (nSPS) is 18.1. The second kappa shape index (κ2) is 8.79. The number of rotatable bonds is 5. The molecule has 1 atom stereocenters. The molecular weight excluding hydrogens is 378 g/mol. The first-order chi connectivity index (χ1) is 13.5. The number of anilines is 1. The number of benzene rings is 2. The van der Waals surface area contributed by atoms with Crippen molar-refractivity contribution >= 4 is 40.1 Å². The summed E-state index contributed by atoms with van der Waals surface area (Å²) in [7, 11) is 4.80. The van der Waals surface area contributed by atoms with Crippen LogP contribution in [0.1, 0.15) is 6.42 Å². The maximum Gasteiger partial charge on any atom is 0.238 e. The van der Waals surface area contributed by atoms with Crippen molar-refractivity contribution in [3.05, 3.63) is 48.5 Å². The molecule has 1 N–H and O–H groups in total. The first-order valence-electron chi connectivity index (χ1n) is 8.61. The highest BCUT2D eigenvalue weighted by Gasteiger charge is 2.34. The van der Waals surface area contributed by atoms with Crippen LogP contribution in [-0.4, -0.2) is 48.4 Å². The summed E-state index contributed by atoms with van der Waals surface area (Å²) in [6, 6.07) is 14.3. The van der Waals surface area contributed by atoms with Gasteiger partial charge in [0.1, 0.15) is 22.4 Å². The van der Waals surface area contributed by atoms with Gasteiger partial charge in [-0.05, 0) is 36.4 Å². The summed E-state index contributed by atoms with van der Waals surface area (Å²) < 4.78 is 10.4. The minimum absolute atomic E-state index is 0.105. The van der Waals surface area contributed by atoms with Crippen LogP contribution < -0.4 is 14.8 Å². The molecule has 2 aromatic carbocycles. The maximum absolute atomic E-state index is 12.7. The quantitative estimate of drug-likeness (QED) is 0.835. The Morgan fingerprint density at radius 1 is 1.14 bits per heavy atom. The Balaban J connectivity index is 1.78. The van der Waals surface area contributed by atoms with Gasteiger partial charge in [0.25, 0.3) is 0 Å². The SMILES string of the molecule is COc1ccc(NC(=O)[C@@H]2CC(=O)N(C)C(=Nc3ccccc3OC)S2)cc1. The van der Waals surface area contributed by atoms with Crippen LogP contribution >= 0.6 is 11.8 Å². The van der Waals surface area contributed by atoms with E-state index >= 15 is 0 Å². The highest BCUT2D eigenvalue weighted by molar-refractivity contribution is 8.15. The molecule has 2 aromatic rings. The number of hydrogen-bond acceptors (Lipinski definition) is 6. The standard InChI is InChI=1S/C20H21N3O4S/c1-23-18(24)12-17(19(25)21-13-8-10-14(26-2)11-9-13)28-20(23)22-15-6-4-5-7-16(15)27-3/h4-11,17H,12H2,1-3H3,(H,21,25)/t17-/m0/s1. The number of hydrogen-bond donors (Lipinski definition) is 1. The third-order valence-corrected chi connectivity index (χ3v) is 5.46. The van der Waals surface area contributed by atoms with Crippen LogP contribution in [0.4, 0.5) is 11.4 Å². The molecular formula is C20H21N3O4S. The van der Waals surface area contributed by atoms with Gasteiger partial charge in [-0.25, -0.2) is 4.99 Å². The van der Waals surface area contributed by atoms with Crippen LogP contribution in [0.2, 0.25) is 0 Å². The number of amides is 2. The van der Waals surface area contributed by atoms with Crippen LogP contribution in [0, 0.1) is 0 Å². The van der Waals surface area contributed by atoms with Gasteiger partial charge >= 0.3 is 0 Å². The van der Waals surface area contributed by atoms with E-state index in [0.717, 1.165) is 0 Å². The molecule has 1 heterocycles. The second-order valence-electron chi connectivity index (χ2n) is 6.05. The van der Waals surface area contributed by atoms with Gasteiger partial charge in [-0.1, -0.05) is 23.9 Å². The van der Waals surface area contributed by atoms with Gasteiger partial charge in [-0.3, -0.25) is 14.5 Å². The lowest BCUT2D eigenvalue weighted by Gasteiger charge is -2.29. The Hall–Kier alpha value is -3.00. The molecule has 0 aromatic heterocycles. The van der Waals surface area contributed by atoms with Crippen LogP contribution in [0.25, 0.3) is 0 Å². The molecule has 0 unspecified atom stereocenters. The third-order valence-electron chi connectivity index (χ3n) is 4.22. The van der Waals surface area contributed by atoms with E-state index in [1.54, 1.807) is 57.7 Å². The molecule has 0 bridgehead atoms. The Morgan fingerprint density at radius 3 is 2.54 bits per heavy atom. The van der Waals surface area contributed by atoms with E-state index in [1.807, 2.05) is 12.1 Å². The monoisotopic (exact) mass is 399 g/mol. The molecule has 3 rings (SSSR count). The molecule has 7 nitrogen and oxygen atoms in total. The molecule has 1 fully saturated rings. The first-order valence-corrected chi connectivity index (χ1v) is 9.49. The van der Waals surface area contributed by atoms with Gasteiger partial charge < -0.3 is 14.8 Å². The Bertz CT molecular complexity index is 899. The highest BCUT2D eigenvalue weighted by Crippen LogP contribution is 2.32. The number of nitrogens with zero attached hydrogens (tertiary/aromatic N) is 2. The van der Waals surface area contributed by atoms with Crippen molar-refractivity contribution in [3.63, 3.8) is 0 Å². The molecule has 0 saturated carbocycles. The topological polar surface area (TPSA) is 80.2 Å². The maximum atomic E-state index is 12.7. The average molecular weight is 399 g/mol. The predicted octanol–water partition coefficient (Wildman–Crippen LogP) is 3.29. The number of carbonyl (C=O) groups is 2. The van der Waals surface area contributed by atoms with Crippen molar-refractivity contribution < 1.29 is 19.1 Å². The number of carbonyl (C=O) groups excluding carboxylic acids is 2. The van der Waals surface area contributed by atoms with Crippen molar-refractivity contribution in [2.75, 3.05) is 26.6 Å². The highest BCUT2D eigenvalue weighted by atomic mass is 32.2. The van der Waals surface area contributed by atoms with Crippen molar-refractivity contribution in [3.8, 4) is 11.5 Å². The minimum atomic E-state index is -0.570. The molecule has 1 saturated heterocycles. The predicted molar refractivity (Wildman–Crippen MR) is 110 cm³/mol. The summed E-state index contributed by atoms with van der Waals surface area (Å²) in [6.45, 7) is 0. The summed E-state index contributed by atoms with van der Waals surface area (Å²) in [5.41, 5.74) is 1.24. The van der Waals surface area contributed by atoms with E-state index in [1.165, 1.54) is 16.7 Å². The van der Waals surface area contributed by atoms with Crippen LogP contribution in [-0.2, 0) is 9.59 Å². The van der Waals surface area contributed by atoms with Gasteiger partial charge in [-0.2, -0.15) is 0 Å². The number of methoxy groups -OCH3 is 2. The van der Waals surface area contributed by atoms with Crippen molar-refractivity contribution in [1.29, 1.82) is 0 Å². The molecule has 0 aliphatic carbocycles. The van der Waals surface area contributed by atoms with Gasteiger partial charge in [0.05, 0.1) is 14.2 Å². The Morgan fingerprint density at radius 2 is 1.86 bits per heavy atom. The summed E-state index contributed by atoms with van der Waals surface area (Å²) in [6.07, 6.45) is 0.105. The van der Waals surface area contributed by atoms with E-state index in [-0.39, 0.29) is 18.2 Å². The van der Waals surface area contributed by atoms with Crippen LogP contribution in [0.3, 0.4) is 0 Å². The van der Waals surface area contributed by atoms with Crippen molar-refractivity contribution in [2.24, 2.45) is 4.99 Å². The molecule has 8 heteroatoms. The summed E-state index contributed by atoms with van der Waals surface area (Å²) in [5, 5.41) is 2.72. The lowest BCUT2D eigenvalue weighted by molar-refractivity contribution is -0.128. The van der Waals surface area contributed by atoms with E-state index in [0.29, 0.717) is 28.0 Å². The lowest BCUT2D eigenvalue weighted by atomic mass is 10.2. The fraction of sp³-hybridized carbons (Fsp3) is 0.250. The van der Waals surface area contributed by atoms with E-state index in [4.69, 9.17) is 9.47 Å². The number of aliphatic imine (C=N–C) groups is 1. The van der Waals surface area contributed by atoms with Crippen molar-refractivity contribution in [2.45, 2.75) is 11.7 Å². The summed E-state index contributed by atoms with van der Waals surface area (Å²) in [5.74, 6) is 0.890. The van der Waals surface area contributed by atoms with Crippen LogP contribution in [0.5, 0.6) is 11.5 Å². The molecule has 146 valence electrons. The van der Waals surface area contributed by atoms with E-state index in [9.17, 15) is 9.59 Å². The third kappa shape index (κ3) is 4.45. The molecule has 2 amide bonds. The zero-order valence-electron chi connectivity index (χ0n) is 15.8. The number of amidine groups is 1. The van der Waals surface area contributed by atoms with Crippen molar-refractivity contribution in [1.82, 2.24) is 4.90 Å². The Kier molecular flexibility index (Phi) is 6.20. The molecule has 1 aliphatic heterocycles. The zero-order chi connectivity index (χ0) is 20.1. The summed E-state index contributed by atoms with van der Waals surface area (Å²) in [4.78, 5) is 31.1. The van der Waals surface area contributed by atoms with Gasteiger partial charge in [0, 0.05) is 19.2 Å². The Labute approximate surface area is 167 Å². The van der Waals surface area contributed by atoms with E-state index in [2.05, 4.69) is 10.3 Å². The molecule has 0 radical (unpaired) electrons. The summed E-state index contributed by atoms with van der Waals surface area (Å²) >= 11 is 1.26. The van der Waals surface area contributed by atoms with Crippen LogP contribution in [0.15, 0.2) is 53.5 Å². The number of thioether (sulfide) groups is 1. The fourth-order valence-electron chi connectivity index (χ4n) is 2.62. The van der Waals surface area contributed by atoms with Gasteiger partial charge in [0.2, 0.25) is 11.8 Å². The fourth-order valence-corrected chi connectivity index (χ4v) is 3.68. The average Bonchev–Trinajstić information content (AvgIpc) is 2.72. The molecule has 1 aliphatic rings. The number of ether oxygens (including phenoxy) is 2. The molecule has 0 spiro atoms.